The lowest BCUT2D eigenvalue weighted by Gasteiger charge is -2.40. The molecule has 0 aromatic heterocycles. The first-order valence-corrected chi connectivity index (χ1v) is 32.9. The smallest absolute Gasteiger partial charge is 0.220 e. The summed E-state index contributed by atoms with van der Waals surface area (Å²) in [5.41, 5.74) is 0. The Kier molecular flexibility index (Phi) is 55.3. The van der Waals surface area contributed by atoms with E-state index in [-0.39, 0.29) is 12.5 Å². The Morgan fingerprint density at radius 1 is 0.432 bits per heavy atom. The summed E-state index contributed by atoms with van der Waals surface area (Å²) in [4.78, 5) is 13.1. The normalized spacial score (nSPS) is 19.3. The van der Waals surface area contributed by atoms with Crippen LogP contribution in [0.2, 0.25) is 0 Å². The molecule has 1 aliphatic heterocycles. The second kappa shape index (κ2) is 59.5. The van der Waals surface area contributed by atoms with Gasteiger partial charge in [-0.15, -0.1) is 0 Å². The molecule has 1 fully saturated rings. The van der Waals surface area contributed by atoms with Crippen LogP contribution >= 0.6 is 0 Å². The first-order valence-electron chi connectivity index (χ1n) is 32.9. The van der Waals surface area contributed by atoms with E-state index < -0.39 is 49.5 Å². The average Bonchev–Trinajstić information content (AvgIpc) is 3.49. The summed E-state index contributed by atoms with van der Waals surface area (Å²) >= 11 is 0. The molecule has 0 radical (unpaired) electrons. The maximum absolute atomic E-state index is 13.1. The number of aliphatic hydroxyl groups is 5. The van der Waals surface area contributed by atoms with Crippen molar-refractivity contribution < 1.29 is 39.8 Å². The van der Waals surface area contributed by atoms with Gasteiger partial charge in [0.25, 0.3) is 0 Å². The van der Waals surface area contributed by atoms with Gasteiger partial charge in [0, 0.05) is 6.42 Å². The molecule has 9 nitrogen and oxygen atoms in total. The van der Waals surface area contributed by atoms with Crippen LogP contribution in [0.5, 0.6) is 0 Å². The molecule has 1 heterocycles. The summed E-state index contributed by atoms with van der Waals surface area (Å²) in [6, 6.07) is -0.830. The molecule has 1 amide bonds. The van der Waals surface area contributed by atoms with Crippen LogP contribution in [-0.2, 0) is 14.3 Å². The average molecular weight is 1130 g/mol. The monoisotopic (exact) mass is 1130 g/mol. The fourth-order valence-electron chi connectivity index (χ4n) is 9.58. The molecule has 462 valence electrons. The van der Waals surface area contributed by atoms with Gasteiger partial charge in [-0.2, -0.15) is 0 Å². The van der Waals surface area contributed by atoms with E-state index in [1.807, 2.05) is 6.08 Å². The highest BCUT2D eigenvalue weighted by atomic mass is 16.7. The summed E-state index contributed by atoms with van der Waals surface area (Å²) in [7, 11) is 0. The molecule has 0 aromatic carbocycles. The predicted molar refractivity (Wildman–Crippen MR) is 345 cm³/mol. The number of nitrogens with one attached hydrogen (secondary N) is 1. The Labute approximate surface area is 496 Å². The van der Waals surface area contributed by atoms with Crippen LogP contribution in [0.25, 0.3) is 0 Å². The van der Waals surface area contributed by atoms with Gasteiger partial charge < -0.3 is 40.3 Å². The molecule has 6 N–H and O–H groups in total. The maximum Gasteiger partial charge on any atom is 0.220 e. The van der Waals surface area contributed by atoms with Crippen molar-refractivity contribution in [2.75, 3.05) is 13.2 Å². The number of unbranched alkanes of at least 4 members (excludes halogenated alkanes) is 25. The van der Waals surface area contributed by atoms with Crippen LogP contribution in [-0.4, -0.2) is 87.5 Å². The summed E-state index contributed by atoms with van der Waals surface area (Å²) < 4.78 is 11.3. The Morgan fingerprint density at radius 2 is 0.778 bits per heavy atom. The number of amides is 1. The molecule has 1 aliphatic rings. The SMILES string of the molecule is CC/C=C\C/C=C\C/C=C\C/C=C\C/C=C\C/C=C\C/C=C\C/C=C\C/C=C\CCCCCCCCCCCCCCCC(=O)NC(COC1OC(CO)C(O)C(O)C1O)C(O)/C=C/CC/C=C/CCCCCCCCCCCCC. The van der Waals surface area contributed by atoms with Crippen molar-refractivity contribution in [3.63, 3.8) is 0 Å². The van der Waals surface area contributed by atoms with Crippen molar-refractivity contribution >= 4 is 5.91 Å². The Bertz CT molecular complexity index is 1740. The predicted octanol–water partition coefficient (Wildman–Crippen LogP) is 17.6. The fourth-order valence-corrected chi connectivity index (χ4v) is 9.58. The van der Waals surface area contributed by atoms with Gasteiger partial charge >= 0.3 is 0 Å². The third-order valence-corrected chi connectivity index (χ3v) is 14.7. The van der Waals surface area contributed by atoms with Gasteiger partial charge in [0.05, 0.1) is 25.4 Å². The lowest BCUT2D eigenvalue weighted by Crippen LogP contribution is -2.60. The Balaban J connectivity index is 2.13. The van der Waals surface area contributed by atoms with E-state index in [2.05, 4.69) is 141 Å². The Morgan fingerprint density at radius 3 is 1.19 bits per heavy atom. The lowest BCUT2D eigenvalue weighted by atomic mass is 9.99. The molecule has 7 atom stereocenters. The number of carbonyl (C=O) groups excluding carboxylic acids is 1. The molecule has 1 saturated heterocycles. The second-order valence-electron chi connectivity index (χ2n) is 22.2. The van der Waals surface area contributed by atoms with E-state index in [0.29, 0.717) is 6.42 Å². The fraction of sp³-hybridized carbons (Fsp3) is 0.681. The highest BCUT2D eigenvalue weighted by Gasteiger charge is 2.44. The zero-order valence-corrected chi connectivity index (χ0v) is 51.5. The number of hydrogen-bond donors (Lipinski definition) is 6. The largest absolute Gasteiger partial charge is 0.394 e. The van der Waals surface area contributed by atoms with Crippen LogP contribution in [0.4, 0.5) is 0 Å². The number of carbonyl (C=O) groups is 1. The van der Waals surface area contributed by atoms with Crippen LogP contribution in [0.15, 0.2) is 134 Å². The first kappa shape index (κ1) is 75.3. The molecule has 0 aliphatic carbocycles. The van der Waals surface area contributed by atoms with E-state index in [1.54, 1.807) is 6.08 Å². The van der Waals surface area contributed by atoms with Gasteiger partial charge in [-0.05, 0) is 103 Å². The van der Waals surface area contributed by atoms with Crippen molar-refractivity contribution in [1.29, 1.82) is 0 Å². The number of aliphatic hydroxyl groups excluding tert-OH is 5. The molecule has 0 aromatic rings. The highest BCUT2D eigenvalue weighted by molar-refractivity contribution is 5.76. The molecule has 7 unspecified atom stereocenters. The van der Waals surface area contributed by atoms with Crippen molar-refractivity contribution in [2.45, 2.75) is 301 Å². The van der Waals surface area contributed by atoms with Crippen molar-refractivity contribution in [3.05, 3.63) is 134 Å². The Hall–Kier alpha value is -3.67. The van der Waals surface area contributed by atoms with E-state index in [4.69, 9.17) is 9.47 Å². The van der Waals surface area contributed by atoms with E-state index in [9.17, 15) is 30.3 Å². The van der Waals surface area contributed by atoms with Gasteiger partial charge in [-0.25, -0.2) is 0 Å². The first-order chi connectivity index (χ1) is 39.8. The minimum Gasteiger partial charge on any atom is -0.394 e. The van der Waals surface area contributed by atoms with Gasteiger partial charge in [0.2, 0.25) is 5.91 Å². The molecular weight excluding hydrogens is 1010 g/mol. The minimum atomic E-state index is -1.58. The topological polar surface area (TPSA) is 149 Å². The van der Waals surface area contributed by atoms with E-state index >= 15 is 0 Å². The minimum absolute atomic E-state index is 0.192. The van der Waals surface area contributed by atoms with Crippen molar-refractivity contribution in [3.8, 4) is 0 Å². The summed E-state index contributed by atoms with van der Waals surface area (Å²) in [5.74, 6) is -0.192. The van der Waals surface area contributed by atoms with E-state index in [0.717, 1.165) is 96.3 Å². The summed E-state index contributed by atoms with van der Waals surface area (Å²) in [6.45, 7) is 3.65. The maximum atomic E-state index is 13.1. The van der Waals surface area contributed by atoms with Crippen molar-refractivity contribution in [2.24, 2.45) is 0 Å². The van der Waals surface area contributed by atoms with Gasteiger partial charge in [0.1, 0.15) is 24.4 Å². The molecule has 0 saturated carbocycles. The number of hydrogen-bond acceptors (Lipinski definition) is 8. The molecule has 1 rings (SSSR count). The molecule has 9 heteroatoms. The zero-order valence-electron chi connectivity index (χ0n) is 51.5. The van der Waals surface area contributed by atoms with Crippen LogP contribution in [0.1, 0.15) is 258 Å². The third-order valence-electron chi connectivity index (χ3n) is 14.7. The van der Waals surface area contributed by atoms with E-state index in [1.165, 1.54) is 141 Å². The number of ether oxygens (including phenoxy) is 2. The second-order valence-corrected chi connectivity index (χ2v) is 22.2. The molecule has 81 heavy (non-hydrogen) atoms. The van der Waals surface area contributed by atoms with Gasteiger partial charge in [-0.3, -0.25) is 4.79 Å². The molecular formula is C72H121NO8. The standard InChI is InChI=1S/C72H121NO8/c1-3-5-7-9-11-13-15-17-19-21-22-23-24-25-26-27-28-29-30-31-32-33-34-35-36-37-38-39-40-41-42-43-44-46-48-50-52-54-56-58-60-62-68(76)73-65(64-80-72-71(79)70(78)69(77)67(63-74)81-72)66(75)61-59-57-55-53-51-49-47-45-20-18-16-14-12-10-8-6-4-2/h5,7,11,13,17,19,22-23,25-26,28-29,31-32,34-35,37-38,51,53,59,61,65-67,69-72,74-75,77-79H,3-4,6,8-10,12,14-16,18,20-21,24,27,30,33,36,39-50,52,54-58,60,62-64H2,1-2H3,(H,73,76)/b7-5-,13-11-,19-17-,23-22-,26-25-,29-28-,32-31-,35-34-,38-37-,53-51+,61-59+. The zero-order chi connectivity index (χ0) is 58.6. The van der Waals surface area contributed by atoms with Crippen LogP contribution in [0.3, 0.4) is 0 Å². The third kappa shape index (κ3) is 48.4. The highest BCUT2D eigenvalue weighted by Crippen LogP contribution is 2.23. The number of allylic oxidation sites excluding steroid dienone is 21. The molecule has 0 bridgehead atoms. The van der Waals surface area contributed by atoms with Gasteiger partial charge in [-0.1, -0.05) is 282 Å². The summed E-state index contributed by atoms with van der Waals surface area (Å²) in [5, 5.41) is 54.6. The lowest BCUT2D eigenvalue weighted by molar-refractivity contribution is -0.302. The number of rotatable bonds is 55. The van der Waals surface area contributed by atoms with Crippen molar-refractivity contribution in [1.82, 2.24) is 5.32 Å². The quantitative estimate of drug-likeness (QED) is 0.0261. The van der Waals surface area contributed by atoms with Crippen LogP contribution in [0, 0.1) is 0 Å². The van der Waals surface area contributed by atoms with Crippen LogP contribution < -0.4 is 5.32 Å². The summed E-state index contributed by atoms with van der Waals surface area (Å²) in [6.07, 6.45) is 84.0. The van der Waals surface area contributed by atoms with Gasteiger partial charge in [0.15, 0.2) is 6.29 Å². The molecule has 0 spiro atoms.